The van der Waals surface area contributed by atoms with Crippen molar-refractivity contribution in [2.45, 2.75) is 11.8 Å². The van der Waals surface area contributed by atoms with E-state index in [-0.39, 0.29) is 17.4 Å². The number of ether oxygens (including phenoxy) is 1. The summed E-state index contributed by atoms with van der Waals surface area (Å²) in [5, 5.41) is 12.2. The molecule has 1 aromatic heterocycles. The van der Waals surface area contributed by atoms with Gasteiger partial charge in [-0.2, -0.15) is 0 Å². The summed E-state index contributed by atoms with van der Waals surface area (Å²) in [5.41, 5.74) is 0.00795. The zero-order valence-corrected chi connectivity index (χ0v) is 11.6. The lowest BCUT2D eigenvalue weighted by Gasteiger charge is -2.06. The molecule has 0 fully saturated rings. The van der Waals surface area contributed by atoms with Gasteiger partial charge in [-0.1, -0.05) is 0 Å². The van der Waals surface area contributed by atoms with E-state index in [9.17, 15) is 14.9 Å². The molecule has 1 aromatic carbocycles. The van der Waals surface area contributed by atoms with E-state index >= 15 is 0 Å². The lowest BCUT2D eigenvalue weighted by Crippen LogP contribution is -2.06. The maximum absolute atomic E-state index is 11.4. The molecule has 0 aliphatic carbocycles. The first-order valence-electron chi connectivity index (χ1n) is 5.93. The summed E-state index contributed by atoms with van der Waals surface area (Å²) in [6.07, 6.45) is 3.03. The van der Waals surface area contributed by atoms with Crippen LogP contribution in [0.5, 0.6) is 0 Å². The van der Waals surface area contributed by atoms with E-state index in [2.05, 4.69) is 4.98 Å². The van der Waals surface area contributed by atoms with Crippen LogP contribution in [0.3, 0.4) is 0 Å². The fraction of sp³-hybridized carbons (Fsp3) is 0.231. The molecule has 7 heteroatoms. The third kappa shape index (κ3) is 3.05. The molecule has 0 aliphatic rings. The van der Waals surface area contributed by atoms with Crippen molar-refractivity contribution in [2.24, 2.45) is 0 Å². The van der Waals surface area contributed by atoms with Crippen LogP contribution in [0.15, 0.2) is 35.5 Å². The van der Waals surface area contributed by atoms with E-state index in [1.54, 1.807) is 25.3 Å². The molecule has 0 bridgehead atoms. The van der Waals surface area contributed by atoms with Gasteiger partial charge in [-0.25, -0.2) is 0 Å². The van der Waals surface area contributed by atoms with Gasteiger partial charge in [0.05, 0.1) is 22.7 Å². The monoisotopic (exact) mass is 292 g/mol. The van der Waals surface area contributed by atoms with Gasteiger partial charge in [-0.3, -0.25) is 19.9 Å². The quantitative estimate of drug-likeness (QED) is 0.365. The first-order chi connectivity index (χ1) is 9.63. The van der Waals surface area contributed by atoms with Gasteiger partial charge in [0.2, 0.25) is 0 Å². The second-order valence-electron chi connectivity index (χ2n) is 3.85. The van der Waals surface area contributed by atoms with E-state index < -0.39 is 4.92 Å². The minimum Gasteiger partial charge on any atom is -0.465 e. The highest BCUT2D eigenvalue weighted by molar-refractivity contribution is 8.00. The van der Waals surface area contributed by atoms with Crippen molar-refractivity contribution in [2.75, 3.05) is 12.4 Å². The number of carbonyl (C=O) groups excluding carboxylic acids is 1. The van der Waals surface area contributed by atoms with Crippen LogP contribution in [0.1, 0.15) is 6.92 Å². The second kappa shape index (κ2) is 6.33. The van der Waals surface area contributed by atoms with Crippen LogP contribution in [-0.4, -0.2) is 28.2 Å². The molecule has 1 heterocycles. The molecule has 6 nitrogen and oxygen atoms in total. The molecule has 2 aromatic rings. The maximum atomic E-state index is 11.4. The van der Waals surface area contributed by atoms with Crippen LogP contribution in [0.4, 0.5) is 5.69 Å². The van der Waals surface area contributed by atoms with Crippen molar-refractivity contribution in [1.29, 1.82) is 0 Å². The van der Waals surface area contributed by atoms with E-state index in [0.717, 1.165) is 4.90 Å². The molecule has 20 heavy (non-hydrogen) atoms. The number of pyridine rings is 1. The number of hydrogen-bond acceptors (Lipinski definition) is 6. The van der Waals surface area contributed by atoms with Crippen molar-refractivity contribution in [1.82, 2.24) is 4.98 Å². The van der Waals surface area contributed by atoms with Crippen LogP contribution in [0.25, 0.3) is 10.8 Å². The number of benzene rings is 1. The highest BCUT2D eigenvalue weighted by Gasteiger charge is 2.15. The molecule has 0 aliphatic heterocycles. The Bertz CT molecular complexity index is 660. The van der Waals surface area contributed by atoms with Crippen molar-refractivity contribution >= 4 is 34.2 Å². The van der Waals surface area contributed by atoms with Crippen LogP contribution in [0, 0.1) is 10.1 Å². The zero-order valence-electron chi connectivity index (χ0n) is 10.7. The molecule has 2 rings (SSSR count). The Morgan fingerprint density at radius 3 is 2.90 bits per heavy atom. The number of nitro groups is 1. The average Bonchev–Trinajstić information content (AvgIpc) is 2.44. The molecular formula is C13H12N2O4S. The van der Waals surface area contributed by atoms with Crippen molar-refractivity contribution in [3.8, 4) is 0 Å². The molecule has 0 amide bonds. The average molecular weight is 292 g/mol. The number of hydrogen-bond donors (Lipinski definition) is 0. The van der Waals surface area contributed by atoms with Gasteiger partial charge in [0.1, 0.15) is 0 Å². The number of nitrogens with zero attached hydrogens (tertiary/aromatic N) is 2. The maximum Gasteiger partial charge on any atom is 0.316 e. The SMILES string of the molecule is CCOC(=O)CSc1ccc([N+](=O)[O-])c2cnccc12. The van der Waals surface area contributed by atoms with Crippen molar-refractivity contribution in [3.05, 3.63) is 40.7 Å². The largest absolute Gasteiger partial charge is 0.465 e. The predicted molar refractivity (Wildman–Crippen MR) is 75.8 cm³/mol. The van der Waals surface area contributed by atoms with Gasteiger partial charge in [-0.15, -0.1) is 11.8 Å². The minimum absolute atomic E-state index is 0.00795. The number of fused-ring (bicyclic) bond motifs is 1. The molecule has 0 saturated carbocycles. The van der Waals surface area contributed by atoms with Crippen LogP contribution < -0.4 is 0 Å². The Balaban J connectivity index is 2.33. The summed E-state index contributed by atoms with van der Waals surface area (Å²) in [6, 6.07) is 4.78. The van der Waals surface area contributed by atoms with E-state index in [4.69, 9.17) is 4.74 Å². The predicted octanol–water partition coefficient (Wildman–Crippen LogP) is 2.80. The molecule has 0 spiro atoms. The first-order valence-corrected chi connectivity index (χ1v) is 6.91. The summed E-state index contributed by atoms with van der Waals surface area (Å²) < 4.78 is 4.86. The standard InChI is InChI=1S/C13H12N2O4S/c1-2-19-13(16)8-20-12-4-3-11(15(17)18)10-7-14-6-5-9(10)12/h3-7H,2,8H2,1H3. The Hall–Kier alpha value is -2.15. The Morgan fingerprint density at radius 2 is 2.20 bits per heavy atom. The summed E-state index contributed by atoms with van der Waals surface area (Å²) in [7, 11) is 0. The number of nitro benzene ring substituents is 1. The summed E-state index contributed by atoms with van der Waals surface area (Å²) >= 11 is 1.29. The van der Waals surface area contributed by atoms with Gasteiger partial charge >= 0.3 is 5.97 Å². The van der Waals surface area contributed by atoms with Gasteiger partial charge < -0.3 is 4.74 Å². The lowest BCUT2D eigenvalue weighted by molar-refractivity contribution is -0.383. The Morgan fingerprint density at radius 1 is 1.40 bits per heavy atom. The van der Waals surface area contributed by atoms with Crippen LogP contribution in [-0.2, 0) is 9.53 Å². The number of rotatable bonds is 5. The number of carbonyl (C=O) groups is 1. The molecule has 104 valence electrons. The Labute approximate surface area is 119 Å². The number of esters is 1. The number of aromatic nitrogens is 1. The third-order valence-electron chi connectivity index (χ3n) is 2.60. The normalized spacial score (nSPS) is 10.4. The lowest BCUT2D eigenvalue weighted by atomic mass is 10.1. The van der Waals surface area contributed by atoms with E-state index in [1.165, 1.54) is 24.0 Å². The molecule has 0 radical (unpaired) electrons. The van der Waals surface area contributed by atoms with Crippen molar-refractivity contribution < 1.29 is 14.5 Å². The van der Waals surface area contributed by atoms with E-state index in [1.807, 2.05) is 0 Å². The number of non-ortho nitro benzene ring substituents is 1. The van der Waals surface area contributed by atoms with Gasteiger partial charge in [0.15, 0.2) is 0 Å². The zero-order chi connectivity index (χ0) is 14.5. The highest BCUT2D eigenvalue weighted by atomic mass is 32.2. The van der Waals surface area contributed by atoms with E-state index in [0.29, 0.717) is 17.4 Å². The molecule has 0 saturated heterocycles. The van der Waals surface area contributed by atoms with Crippen LogP contribution in [0.2, 0.25) is 0 Å². The molecule has 0 unspecified atom stereocenters. The fourth-order valence-electron chi connectivity index (χ4n) is 1.77. The fourth-order valence-corrected chi connectivity index (χ4v) is 2.63. The van der Waals surface area contributed by atoms with Gasteiger partial charge in [-0.05, 0) is 19.1 Å². The molecule has 0 N–H and O–H groups in total. The Kier molecular flexibility index (Phi) is 4.52. The van der Waals surface area contributed by atoms with Crippen molar-refractivity contribution in [3.63, 3.8) is 0 Å². The van der Waals surface area contributed by atoms with Gasteiger partial charge in [0.25, 0.3) is 5.69 Å². The summed E-state index contributed by atoms with van der Waals surface area (Å²) in [4.78, 5) is 26.6. The minimum atomic E-state index is -0.441. The third-order valence-corrected chi connectivity index (χ3v) is 3.65. The van der Waals surface area contributed by atoms with Gasteiger partial charge in [0, 0.05) is 28.7 Å². The summed E-state index contributed by atoms with van der Waals surface area (Å²) in [6.45, 7) is 2.08. The highest BCUT2D eigenvalue weighted by Crippen LogP contribution is 2.33. The second-order valence-corrected chi connectivity index (χ2v) is 4.87. The first kappa shape index (κ1) is 14.3. The number of thioether (sulfide) groups is 1. The van der Waals surface area contributed by atoms with Crippen LogP contribution >= 0.6 is 11.8 Å². The smallest absolute Gasteiger partial charge is 0.316 e. The molecule has 0 atom stereocenters. The summed E-state index contributed by atoms with van der Waals surface area (Å²) in [5.74, 6) is -0.138. The topological polar surface area (TPSA) is 82.3 Å². The molecular weight excluding hydrogens is 280 g/mol.